The minimum Gasteiger partial charge on any atom is -0.449 e. The molecule has 1 N–H and O–H groups in total. The van der Waals surface area contributed by atoms with Crippen molar-refractivity contribution in [2.45, 2.75) is 26.9 Å². The minimum absolute atomic E-state index is 0.222. The molecule has 1 heterocycles. The van der Waals surface area contributed by atoms with E-state index in [1.54, 1.807) is 24.6 Å². The Labute approximate surface area is 178 Å². The molecule has 0 saturated heterocycles. The highest BCUT2D eigenvalue weighted by Gasteiger charge is 2.25. The summed E-state index contributed by atoms with van der Waals surface area (Å²) in [5.41, 5.74) is 2.97. The van der Waals surface area contributed by atoms with Crippen LogP contribution in [0, 0.1) is 25.2 Å². The summed E-state index contributed by atoms with van der Waals surface area (Å²) in [5, 5.41) is 16.2. The second-order valence-electron chi connectivity index (χ2n) is 6.64. The maximum absolute atomic E-state index is 12.7. The van der Waals surface area contributed by atoms with Crippen LogP contribution in [0.3, 0.4) is 0 Å². The van der Waals surface area contributed by atoms with Gasteiger partial charge in [-0.3, -0.25) is 4.79 Å². The summed E-state index contributed by atoms with van der Waals surface area (Å²) in [5.74, 6) is -1.15. The van der Waals surface area contributed by atoms with Crippen LogP contribution in [0.15, 0.2) is 48.5 Å². The van der Waals surface area contributed by atoms with Crippen molar-refractivity contribution in [1.29, 1.82) is 5.26 Å². The van der Waals surface area contributed by atoms with Crippen LogP contribution in [-0.2, 0) is 9.53 Å². The molecule has 1 aromatic heterocycles. The molecule has 0 aliphatic rings. The molecular formula is C22H19ClN4O3. The van der Waals surface area contributed by atoms with Gasteiger partial charge in [-0.05, 0) is 51.1 Å². The Hall–Kier alpha value is -3.63. The van der Waals surface area contributed by atoms with Crippen LogP contribution in [0.25, 0.3) is 5.69 Å². The first-order valence-corrected chi connectivity index (χ1v) is 9.52. The van der Waals surface area contributed by atoms with Crippen LogP contribution in [0.1, 0.15) is 34.2 Å². The van der Waals surface area contributed by atoms with Crippen LogP contribution in [0.5, 0.6) is 0 Å². The minimum atomic E-state index is -1.05. The average Bonchev–Trinajstić information content (AvgIpc) is 3.02. The normalized spacial score (nSPS) is 11.4. The number of hydrogen-bond donors (Lipinski definition) is 1. The van der Waals surface area contributed by atoms with Gasteiger partial charge in [0.15, 0.2) is 6.10 Å². The number of rotatable bonds is 5. The molecule has 2 aromatic carbocycles. The SMILES string of the molecule is Cc1nn(-c2ccccc2)c(C)c1C(=O)OC(C)C(=O)Nc1ccc(C#N)c(Cl)c1. The molecule has 7 nitrogen and oxygen atoms in total. The van der Waals surface area contributed by atoms with Crippen LogP contribution < -0.4 is 5.32 Å². The maximum Gasteiger partial charge on any atom is 0.342 e. The molecule has 1 unspecified atom stereocenters. The van der Waals surface area contributed by atoms with Crippen LogP contribution in [0.2, 0.25) is 5.02 Å². The van der Waals surface area contributed by atoms with Crippen molar-refractivity contribution in [1.82, 2.24) is 9.78 Å². The standard InChI is InChI=1S/C22H19ClN4O3/c1-13-20(14(2)27(26-13)18-7-5-4-6-8-18)22(29)30-15(3)21(28)25-17-10-9-16(12-24)19(23)11-17/h4-11,15H,1-3H3,(H,25,28). The van der Waals surface area contributed by atoms with Gasteiger partial charge in [0.2, 0.25) is 0 Å². The third-order valence-electron chi connectivity index (χ3n) is 4.51. The van der Waals surface area contributed by atoms with E-state index in [9.17, 15) is 9.59 Å². The highest BCUT2D eigenvalue weighted by atomic mass is 35.5. The van der Waals surface area contributed by atoms with E-state index < -0.39 is 18.0 Å². The number of aryl methyl sites for hydroxylation is 1. The van der Waals surface area contributed by atoms with Crippen molar-refractivity contribution in [3.8, 4) is 11.8 Å². The third-order valence-corrected chi connectivity index (χ3v) is 4.82. The van der Waals surface area contributed by atoms with Gasteiger partial charge < -0.3 is 10.1 Å². The number of carbonyl (C=O) groups is 2. The summed E-state index contributed by atoms with van der Waals surface area (Å²) in [6.45, 7) is 4.96. The molecule has 0 aliphatic carbocycles. The first kappa shape index (κ1) is 21.1. The van der Waals surface area contributed by atoms with E-state index in [0.717, 1.165) is 5.69 Å². The van der Waals surface area contributed by atoms with Crippen LogP contribution >= 0.6 is 11.6 Å². The fourth-order valence-corrected chi connectivity index (χ4v) is 3.18. The van der Waals surface area contributed by atoms with E-state index in [-0.39, 0.29) is 5.02 Å². The van der Waals surface area contributed by atoms with E-state index in [1.165, 1.54) is 19.1 Å². The molecule has 152 valence electrons. The van der Waals surface area contributed by atoms with E-state index in [1.807, 2.05) is 36.4 Å². The molecule has 8 heteroatoms. The average molecular weight is 423 g/mol. The Morgan fingerprint density at radius 1 is 1.20 bits per heavy atom. The smallest absolute Gasteiger partial charge is 0.342 e. The number of nitriles is 1. The van der Waals surface area contributed by atoms with Gasteiger partial charge in [-0.1, -0.05) is 29.8 Å². The van der Waals surface area contributed by atoms with Crippen molar-refractivity contribution in [3.05, 3.63) is 76.1 Å². The number of ether oxygens (including phenoxy) is 1. The van der Waals surface area contributed by atoms with Crippen molar-refractivity contribution < 1.29 is 14.3 Å². The predicted octanol–water partition coefficient (Wildman–Crippen LogP) is 4.20. The van der Waals surface area contributed by atoms with Gasteiger partial charge in [-0.25, -0.2) is 9.48 Å². The number of anilines is 1. The number of carbonyl (C=O) groups excluding carboxylic acids is 2. The quantitative estimate of drug-likeness (QED) is 0.621. The van der Waals surface area contributed by atoms with Crippen LogP contribution in [-0.4, -0.2) is 27.8 Å². The van der Waals surface area contributed by atoms with Gasteiger partial charge in [0.05, 0.1) is 27.7 Å². The van der Waals surface area contributed by atoms with E-state index in [2.05, 4.69) is 10.4 Å². The van der Waals surface area contributed by atoms with Gasteiger partial charge >= 0.3 is 5.97 Å². The number of amides is 1. The van der Waals surface area contributed by atoms with Gasteiger partial charge in [0.25, 0.3) is 5.91 Å². The topological polar surface area (TPSA) is 97.0 Å². The zero-order valence-corrected chi connectivity index (χ0v) is 17.4. The predicted molar refractivity (Wildman–Crippen MR) is 113 cm³/mol. The summed E-state index contributed by atoms with van der Waals surface area (Å²) in [6, 6.07) is 15.9. The lowest BCUT2D eigenvalue weighted by Gasteiger charge is -2.14. The Kier molecular flexibility index (Phi) is 6.19. The van der Waals surface area contributed by atoms with Crippen molar-refractivity contribution >= 4 is 29.2 Å². The number of esters is 1. The molecule has 3 aromatic rings. The monoisotopic (exact) mass is 422 g/mol. The Balaban J connectivity index is 1.73. The molecule has 0 aliphatic heterocycles. The Morgan fingerprint density at radius 2 is 1.90 bits per heavy atom. The third kappa shape index (κ3) is 4.34. The first-order chi connectivity index (χ1) is 14.3. The number of benzene rings is 2. The maximum atomic E-state index is 12.7. The molecule has 0 radical (unpaired) electrons. The van der Waals surface area contributed by atoms with E-state index in [0.29, 0.717) is 28.2 Å². The van der Waals surface area contributed by atoms with Gasteiger partial charge in [-0.15, -0.1) is 0 Å². The molecular weight excluding hydrogens is 404 g/mol. The van der Waals surface area contributed by atoms with Gasteiger partial charge in [0.1, 0.15) is 11.6 Å². The first-order valence-electron chi connectivity index (χ1n) is 9.15. The highest BCUT2D eigenvalue weighted by molar-refractivity contribution is 6.32. The fraction of sp³-hybridized carbons (Fsp3) is 0.182. The Bertz CT molecular complexity index is 1150. The summed E-state index contributed by atoms with van der Waals surface area (Å²) in [4.78, 5) is 25.1. The zero-order chi connectivity index (χ0) is 21.8. The number of aromatic nitrogens is 2. The molecule has 30 heavy (non-hydrogen) atoms. The highest BCUT2D eigenvalue weighted by Crippen LogP contribution is 2.22. The van der Waals surface area contributed by atoms with Gasteiger partial charge in [0, 0.05) is 5.69 Å². The lowest BCUT2D eigenvalue weighted by Crippen LogP contribution is -2.30. The molecule has 0 bridgehead atoms. The number of nitrogens with one attached hydrogen (secondary N) is 1. The fourth-order valence-electron chi connectivity index (χ4n) is 2.96. The Morgan fingerprint density at radius 3 is 2.53 bits per heavy atom. The van der Waals surface area contributed by atoms with Crippen LogP contribution in [0.4, 0.5) is 5.69 Å². The molecule has 0 saturated carbocycles. The summed E-state index contributed by atoms with van der Waals surface area (Å²) >= 11 is 5.98. The summed E-state index contributed by atoms with van der Waals surface area (Å²) < 4.78 is 7.03. The second kappa shape index (κ2) is 8.80. The number of para-hydroxylation sites is 1. The molecule has 1 atom stereocenters. The number of nitrogens with zero attached hydrogens (tertiary/aromatic N) is 3. The van der Waals surface area contributed by atoms with Crippen molar-refractivity contribution in [2.24, 2.45) is 0 Å². The molecule has 0 fully saturated rings. The van der Waals surface area contributed by atoms with E-state index in [4.69, 9.17) is 21.6 Å². The summed E-state index contributed by atoms with van der Waals surface area (Å²) in [7, 11) is 0. The number of hydrogen-bond acceptors (Lipinski definition) is 5. The van der Waals surface area contributed by atoms with Crippen molar-refractivity contribution in [3.63, 3.8) is 0 Å². The second-order valence-corrected chi connectivity index (χ2v) is 7.04. The molecule has 0 spiro atoms. The summed E-state index contributed by atoms with van der Waals surface area (Å²) in [6.07, 6.45) is -1.05. The zero-order valence-electron chi connectivity index (χ0n) is 16.6. The lowest BCUT2D eigenvalue weighted by molar-refractivity contribution is -0.123. The lowest BCUT2D eigenvalue weighted by atomic mass is 10.2. The van der Waals surface area contributed by atoms with Crippen molar-refractivity contribution in [2.75, 3.05) is 5.32 Å². The molecule has 1 amide bonds. The number of halogens is 1. The molecule has 3 rings (SSSR count). The largest absolute Gasteiger partial charge is 0.449 e. The van der Waals surface area contributed by atoms with E-state index >= 15 is 0 Å². The van der Waals surface area contributed by atoms with Gasteiger partial charge in [-0.2, -0.15) is 10.4 Å².